The monoisotopic (exact) mass is 618 g/mol. The highest BCUT2D eigenvalue weighted by atomic mass is 35.5. The predicted octanol–water partition coefficient (Wildman–Crippen LogP) is 6.56. The molecule has 0 spiro atoms. The fourth-order valence-electron chi connectivity index (χ4n) is 5.24. The highest BCUT2D eigenvalue weighted by Gasteiger charge is 2.56. The third-order valence-electron chi connectivity index (χ3n) is 8.05. The first-order valence-electron chi connectivity index (χ1n) is 14.5. The number of hydrogen-bond acceptors (Lipinski definition) is 7. The molecule has 1 aliphatic heterocycles. The predicted molar refractivity (Wildman–Crippen MR) is 166 cm³/mol. The number of carbonyl (C=O) groups is 2. The quantitative estimate of drug-likeness (QED) is 0.173. The summed E-state index contributed by atoms with van der Waals surface area (Å²) in [6, 6.07) is 15.7. The lowest BCUT2D eigenvalue weighted by atomic mass is 9.99. The topological polar surface area (TPSA) is 111 Å². The maximum absolute atomic E-state index is 13.2. The Balaban J connectivity index is 1.14. The highest BCUT2D eigenvalue weighted by Crippen LogP contribution is 2.48. The van der Waals surface area contributed by atoms with Crippen LogP contribution in [0.25, 0.3) is 10.9 Å². The number of amides is 2. The summed E-state index contributed by atoms with van der Waals surface area (Å²) in [5.74, 6) is 1.29. The number of benzene rings is 3. The van der Waals surface area contributed by atoms with Crippen LogP contribution in [-0.2, 0) is 9.59 Å². The minimum Gasteiger partial charge on any atom is -0.493 e. The molecular formula is C33H32ClFN4O5. The van der Waals surface area contributed by atoms with Gasteiger partial charge in [0.2, 0.25) is 11.8 Å². The molecular weight excluding hydrogens is 587 g/mol. The van der Waals surface area contributed by atoms with Gasteiger partial charge in [-0.3, -0.25) is 14.6 Å². The smallest absolute Gasteiger partial charge is 0.240 e. The lowest BCUT2D eigenvalue weighted by Gasteiger charge is -2.23. The molecule has 3 aromatic carbocycles. The zero-order valence-corrected chi connectivity index (χ0v) is 24.9. The van der Waals surface area contributed by atoms with Gasteiger partial charge in [-0.1, -0.05) is 11.6 Å². The Morgan fingerprint density at radius 3 is 2.32 bits per heavy atom. The number of piperidine rings is 1. The molecule has 1 saturated carbocycles. The first kappa shape index (κ1) is 29.7. The molecule has 6 rings (SSSR count). The third-order valence-corrected chi connectivity index (χ3v) is 8.35. The number of nitrogens with one attached hydrogen (secondary N) is 3. The highest BCUT2D eigenvalue weighted by molar-refractivity contribution is 6.32. The maximum atomic E-state index is 13.2. The average molecular weight is 619 g/mol. The van der Waals surface area contributed by atoms with Crippen molar-refractivity contribution in [3.05, 3.63) is 77.7 Å². The number of anilines is 2. The van der Waals surface area contributed by atoms with Gasteiger partial charge in [0, 0.05) is 29.0 Å². The van der Waals surface area contributed by atoms with Crippen LogP contribution in [0.2, 0.25) is 5.02 Å². The van der Waals surface area contributed by atoms with E-state index in [1.807, 2.05) is 12.1 Å². The lowest BCUT2D eigenvalue weighted by molar-refractivity contribution is -0.131. The van der Waals surface area contributed by atoms with Crippen LogP contribution >= 0.6 is 11.6 Å². The molecule has 1 aromatic heterocycles. The molecule has 11 heteroatoms. The molecule has 9 nitrogen and oxygen atoms in total. The van der Waals surface area contributed by atoms with Crippen molar-refractivity contribution < 1.29 is 28.2 Å². The normalized spacial score (nSPS) is 15.8. The number of aromatic nitrogens is 1. The van der Waals surface area contributed by atoms with Gasteiger partial charge in [0.25, 0.3) is 0 Å². The summed E-state index contributed by atoms with van der Waals surface area (Å²) in [4.78, 5) is 30.5. The second-order valence-corrected chi connectivity index (χ2v) is 11.5. The van der Waals surface area contributed by atoms with Gasteiger partial charge < -0.3 is 30.2 Å². The van der Waals surface area contributed by atoms with E-state index in [2.05, 4.69) is 20.9 Å². The van der Waals surface area contributed by atoms with Gasteiger partial charge in [0.05, 0.1) is 24.3 Å². The molecule has 0 radical (unpaired) electrons. The number of pyridine rings is 1. The minimum absolute atomic E-state index is 0.266. The van der Waals surface area contributed by atoms with E-state index >= 15 is 0 Å². The van der Waals surface area contributed by atoms with Crippen molar-refractivity contribution in [1.29, 1.82) is 0 Å². The van der Waals surface area contributed by atoms with Crippen LogP contribution < -0.4 is 30.2 Å². The number of halogens is 2. The average Bonchev–Trinajstić information content (AvgIpc) is 3.85. The molecule has 2 amide bonds. The Hall–Kier alpha value is -4.41. The lowest BCUT2D eigenvalue weighted by Crippen LogP contribution is -2.35. The van der Waals surface area contributed by atoms with E-state index in [4.69, 9.17) is 25.8 Å². The summed E-state index contributed by atoms with van der Waals surface area (Å²) in [6.45, 7) is 2.61. The molecule has 3 N–H and O–H groups in total. The molecule has 0 atom stereocenters. The van der Waals surface area contributed by atoms with E-state index in [-0.39, 0.29) is 5.02 Å². The molecule has 0 unspecified atom stereocenters. The first-order valence-corrected chi connectivity index (χ1v) is 14.9. The van der Waals surface area contributed by atoms with Crippen LogP contribution in [0.4, 0.5) is 15.8 Å². The number of hydrogen-bond donors (Lipinski definition) is 3. The van der Waals surface area contributed by atoms with Crippen molar-refractivity contribution in [1.82, 2.24) is 10.3 Å². The maximum Gasteiger partial charge on any atom is 0.240 e. The first-order chi connectivity index (χ1) is 21.3. The van der Waals surface area contributed by atoms with Gasteiger partial charge in [-0.25, -0.2) is 4.39 Å². The summed E-state index contributed by atoms with van der Waals surface area (Å²) >= 11 is 6.57. The van der Waals surface area contributed by atoms with Crippen LogP contribution in [0.5, 0.6) is 23.0 Å². The zero-order chi connectivity index (χ0) is 30.7. The molecule has 2 heterocycles. The van der Waals surface area contributed by atoms with Crippen LogP contribution in [0.1, 0.15) is 25.7 Å². The largest absolute Gasteiger partial charge is 0.493 e. The number of carbonyl (C=O) groups excluding carboxylic acids is 2. The molecule has 4 aromatic rings. The Morgan fingerprint density at radius 1 is 0.932 bits per heavy atom. The second-order valence-electron chi connectivity index (χ2n) is 11.1. The number of fused-ring (bicyclic) bond motifs is 1. The standard InChI is InChI=1S/C33H32ClFN4O5/c1-42-29-17-24-26(18-30(29)43-19-20-8-13-36-14-9-20)37-15-10-27(24)44-28-7-6-23(16-25(28)34)39-32(41)33(11-12-33)31(40)38-22-4-2-21(35)3-5-22/h2-7,10,15-18,20,36H,8-9,11-14,19H2,1H3,(H,38,40)(H,39,41). The molecule has 0 bridgehead atoms. The van der Waals surface area contributed by atoms with E-state index in [1.165, 1.54) is 24.3 Å². The van der Waals surface area contributed by atoms with Crippen LogP contribution in [0.3, 0.4) is 0 Å². The van der Waals surface area contributed by atoms with Crippen LogP contribution in [0.15, 0.2) is 66.9 Å². The Labute approximate surface area is 259 Å². The number of rotatable bonds is 10. The van der Waals surface area contributed by atoms with Crippen molar-refractivity contribution in [3.63, 3.8) is 0 Å². The Bertz CT molecular complexity index is 1690. The van der Waals surface area contributed by atoms with Gasteiger partial charge in [-0.15, -0.1) is 0 Å². The van der Waals surface area contributed by atoms with Gasteiger partial charge >= 0.3 is 0 Å². The van der Waals surface area contributed by atoms with Crippen molar-refractivity contribution in [2.24, 2.45) is 11.3 Å². The summed E-state index contributed by atoms with van der Waals surface area (Å²) in [5, 5.41) is 9.84. The Kier molecular flexibility index (Phi) is 8.54. The van der Waals surface area contributed by atoms with E-state index < -0.39 is 23.0 Å². The molecule has 228 valence electrons. The van der Waals surface area contributed by atoms with Crippen molar-refractivity contribution in [3.8, 4) is 23.0 Å². The summed E-state index contributed by atoms with van der Waals surface area (Å²) < 4.78 is 31.2. The summed E-state index contributed by atoms with van der Waals surface area (Å²) in [5.41, 5.74) is 0.325. The SMILES string of the molecule is COc1cc2c(Oc3ccc(NC(=O)C4(C(=O)Nc5ccc(F)cc5)CC4)cc3Cl)ccnc2cc1OCC1CCNCC1. The van der Waals surface area contributed by atoms with Gasteiger partial charge in [0.1, 0.15) is 22.7 Å². The van der Waals surface area contributed by atoms with Crippen molar-refractivity contribution in [2.75, 3.05) is 37.4 Å². The van der Waals surface area contributed by atoms with E-state index in [0.717, 1.165) is 31.3 Å². The number of nitrogens with zero attached hydrogens (tertiary/aromatic N) is 1. The van der Waals surface area contributed by atoms with Crippen LogP contribution in [0, 0.1) is 17.2 Å². The minimum atomic E-state index is -1.19. The molecule has 44 heavy (non-hydrogen) atoms. The summed E-state index contributed by atoms with van der Waals surface area (Å²) in [7, 11) is 1.59. The van der Waals surface area contributed by atoms with E-state index in [9.17, 15) is 14.0 Å². The van der Waals surface area contributed by atoms with Crippen molar-refractivity contribution in [2.45, 2.75) is 25.7 Å². The Morgan fingerprint density at radius 2 is 1.64 bits per heavy atom. The summed E-state index contributed by atoms with van der Waals surface area (Å²) in [6.07, 6.45) is 4.61. The molecule has 2 fully saturated rings. The number of ether oxygens (including phenoxy) is 3. The van der Waals surface area contributed by atoms with E-state index in [0.29, 0.717) is 65.3 Å². The fraction of sp³-hybridized carbons (Fsp3) is 0.303. The van der Waals surface area contributed by atoms with Gasteiger partial charge in [-0.05, 0) is 99.3 Å². The van der Waals surface area contributed by atoms with Gasteiger partial charge in [-0.2, -0.15) is 0 Å². The second kappa shape index (κ2) is 12.7. The molecule has 1 aliphatic carbocycles. The molecule has 1 saturated heterocycles. The van der Waals surface area contributed by atoms with Crippen molar-refractivity contribution >= 4 is 45.7 Å². The van der Waals surface area contributed by atoms with E-state index in [1.54, 1.807) is 37.6 Å². The van der Waals surface area contributed by atoms with Gasteiger partial charge in [0.15, 0.2) is 11.5 Å². The number of methoxy groups -OCH3 is 1. The molecule has 2 aliphatic rings. The fourth-order valence-corrected chi connectivity index (χ4v) is 5.46. The third kappa shape index (κ3) is 6.41. The van der Waals surface area contributed by atoms with Crippen LogP contribution in [-0.4, -0.2) is 43.6 Å². The zero-order valence-electron chi connectivity index (χ0n) is 24.1.